The zero-order valence-electron chi connectivity index (χ0n) is 15.2. The van der Waals surface area contributed by atoms with Crippen LogP contribution in [0.3, 0.4) is 0 Å². The Labute approximate surface area is 152 Å². The zero-order valence-corrected chi connectivity index (χ0v) is 16.0. The number of carbonyl (C=O) groups excluding carboxylic acids is 1. The van der Waals surface area contributed by atoms with Gasteiger partial charge in [-0.1, -0.05) is 25.2 Å². The van der Waals surface area contributed by atoms with E-state index in [1.807, 2.05) is 23.1 Å². The average Bonchev–Trinajstić information content (AvgIpc) is 3.04. The second-order valence-electron chi connectivity index (χ2n) is 6.47. The zero-order chi connectivity index (χ0) is 17.8. The maximum atomic E-state index is 12.5. The van der Waals surface area contributed by atoms with Crippen LogP contribution in [0.25, 0.3) is 10.2 Å². The summed E-state index contributed by atoms with van der Waals surface area (Å²) in [6.07, 6.45) is 3.70. The quantitative estimate of drug-likeness (QED) is 0.776. The largest absolute Gasteiger partial charge is 0.497 e. The molecular weight excluding hydrogens is 336 g/mol. The van der Waals surface area contributed by atoms with Crippen molar-refractivity contribution in [3.63, 3.8) is 0 Å². The number of thiazole rings is 1. The van der Waals surface area contributed by atoms with E-state index in [1.165, 1.54) is 0 Å². The molecule has 0 saturated carbocycles. The van der Waals surface area contributed by atoms with Gasteiger partial charge in [0.2, 0.25) is 5.91 Å². The lowest BCUT2D eigenvalue weighted by Gasteiger charge is -2.33. The molecule has 136 valence electrons. The van der Waals surface area contributed by atoms with Gasteiger partial charge >= 0.3 is 0 Å². The van der Waals surface area contributed by atoms with Crippen molar-refractivity contribution in [3.05, 3.63) is 18.2 Å². The number of hydrogen-bond acceptors (Lipinski definition) is 5. The lowest BCUT2D eigenvalue weighted by Crippen LogP contribution is -2.44. The maximum absolute atomic E-state index is 12.5. The number of amides is 1. The molecule has 0 radical (unpaired) electrons. The highest BCUT2D eigenvalue weighted by Gasteiger charge is 2.27. The minimum Gasteiger partial charge on any atom is -0.497 e. The highest BCUT2D eigenvalue weighted by atomic mass is 32.1. The van der Waals surface area contributed by atoms with Crippen LogP contribution in [0.15, 0.2) is 18.2 Å². The van der Waals surface area contributed by atoms with Crippen LogP contribution in [-0.2, 0) is 4.79 Å². The molecule has 6 heteroatoms. The fourth-order valence-corrected chi connectivity index (χ4v) is 4.20. The summed E-state index contributed by atoms with van der Waals surface area (Å²) in [5.41, 5.74) is 0.933. The maximum Gasteiger partial charge on any atom is 0.274 e. The number of carbonyl (C=O) groups is 1. The van der Waals surface area contributed by atoms with Gasteiger partial charge in [-0.15, -0.1) is 0 Å². The molecule has 1 aromatic carbocycles. The Bertz CT molecular complexity index is 719. The van der Waals surface area contributed by atoms with Crippen molar-refractivity contribution in [2.24, 2.45) is 5.92 Å². The van der Waals surface area contributed by atoms with Crippen molar-refractivity contribution in [2.45, 2.75) is 45.6 Å². The third kappa shape index (κ3) is 4.06. The fourth-order valence-electron chi connectivity index (χ4n) is 3.29. The molecule has 2 aromatic rings. The summed E-state index contributed by atoms with van der Waals surface area (Å²) in [5, 5.41) is 0.702. The Kier molecular flexibility index (Phi) is 5.78. The second kappa shape index (κ2) is 8.04. The van der Waals surface area contributed by atoms with Gasteiger partial charge in [0.15, 0.2) is 0 Å². The molecule has 0 atom stereocenters. The van der Waals surface area contributed by atoms with E-state index in [4.69, 9.17) is 9.47 Å². The number of methoxy groups -OCH3 is 1. The molecule has 0 bridgehead atoms. The van der Waals surface area contributed by atoms with Crippen molar-refractivity contribution >= 4 is 27.5 Å². The molecule has 1 aliphatic heterocycles. The normalized spacial score (nSPS) is 15.8. The van der Waals surface area contributed by atoms with E-state index in [1.54, 1.807) is 18.4 Å². The topological polar surface area (TPSA) is 51.7 Å². The molecule has 25 heavy (non-hydrogen) atoms. The average molecular weight is 362 g/mol. The minimum atomic E-state index is 0.133. The lowest BCUT2D eigenvalue weighted by molar-refractivity contribution is -0.137. The van der Waals surface area contributed by atoms with Gasteiger partial charge in [-0.2, -0.15) is 0 Å². The summed E-state index contributed by atoms with van der Waals surface area (Å²) in [4.78, 5) is 19.0. The van der Waals surface area contributed by atoms with Gasteiger partial charge in [0.1, 0.15) is 11.9 Å². The molecule has 5 nitrogen and oxygen atoms in total. The van der Waals surface area contributed by atoms with Gasteiger partial charge in [0.05, 0.1) is 17.3 Å². The number of ether oxygens (including phenoxy) is 2. The number of fused-ring (bicyclic) bond motifs is 1. The van der Waals surface area contributed by atoms with Crippen LogP contribution >= 0.6 is 11.3 Å². The third-order valence-corrected chi connectivity index (χ3v) is 5.84. The molecule has 0 aliphatic carbocycles. The smallest absolute Gasteiger partial charge is 0.274 e. The van der Waals surface area contributed by atoms with E-state index < -0.39 is 0 Å². The van der Waals surface area contributed by atoms with Gasteiger partial charge in [0, 0.05) is 31.8 Å². The van der Waals surface area contributed by atoms with E-state index in [9.17, 15) is 4.79 Å². The summed E-state index contributed by atoms with van der Waals surface area (Å²) in [5.74, 6) is 1.29. The van der Waals surface area contributed by atoms with Crippen LogP contribution in [0.1, 0.15) is 39.5 Å². The van der Waals surface area contributed by atoms with Gasteiger partial charge in [-0.05, 0) is 31.0 Å². The number of piperidine rings is 1. The lowest BCUT2D eigenvalue weighted by atomic mass is 9.99. The Morgan fingerprint density at radius 3 is 2.68 bits per heavy atom. The molecule has 0 unspecified atom stereocenters. The minimum absolute atomic E-state index is 0.133. The fraction of sp³-hybridized carbons (Fsp3) is 0.579. The summed E-state index contributed by atoms with van der Waals surface area (Å²) in [6.45, 7) is 5.73. The Balaban J connectivity index is 1.58. The molecule has 1 amide bonds. The van der Waals surface area contributed by atoms with Crippen LogP contribution in [0.4, 0.5) is 0 Å². The molecule has 3 rings (SSSR count). The molecule has 1 fully saturated rings. The van der Waals surface area contributed by atoms with Crippen molar-refractivity contribution in [1.82, 2.24) is 9.88 Å². The molecule has 1 aliphatic rings. The SMILES string of the molecule is CCC(CC)C(=O)N1CCC(Oc2nc3ccc(OC)cc3s2)CC1. The van der Waals surface area contributed by atoms with E-state index in [0.29, 0.717) is 11.1 Å². The van der Waals surface area contributed by atoms with Crippen molar-refractivity contribution in [1.29, 1.82) is 0 Å². The first-order valence-corrected chi connectivity index (χ1v) is 9.86. The highest BCUT2D eigenvalue weighted by Crippen LogP contribution is 2.32. The van der Waals surface area contributed by atoms with Gasteiger partial charge in [0.25, 0.3) is 5.19 Å². The second-order valence-corrected chi connectivity index (χ2v) is 7.46. The molecule has 1 aromatic heterocycles. The highest BCUT2D eigenvalue weighted by molar-refractivity contribution is 7.20. The van der Waals surface area contributed by atoms with Crippen LogP contribution in [0.2, 0.25) is 0 Å². The summed E-state index contributed by atoms with van der Waals surface area (Å²) < 4.78 is 12.4. The molecule has 2 heterocycles. The third-order valence-electron chi connectivity index (χ3n) is 4.93. The van der Waals surface area contributed by atoms with Crippen LogP contribution < -0.4 is 9.47 Å². The van der Waals surface area contributed by atoms with Crippen LogP contribution in [-0.4, -0.2) is 42.1 Å². The molecule has 1 saturated heterocycles. The molecule has 0 N–H and O–H groups in total. The Morgan fingerprint density at radius 2 is 2.04 bits per heavy atom. The van der Waals surface area contributed by atoms with Crippen molar-refractivity contribution in [3.8, 4) is 10.9 Å². The van der Waals surface area contributed by atoms with Crippen LogP contribution in [0.5, 0.6) is 10.9 Å². The number of aromatic nitrogens is 1. The van der Waals surface area contributed by atoms with E-state index in [0.717, 1.165) is 54.7 Å². The number of nitrogens with zero attached hydrogens (tertiary/aromatic N) is 2. The van der Waals surface area contributed by atoms with Crippen molar-refractivity contribution in [2.75, 3.05) is 20.2 Å². The van der Waals surface area contributed by atoms with Gasteiger partial charge in [-0.3, -0.25) is 4.79 Å². The first-order valence-electron chi connectivity index (χ1n) is 9.04. The first kappa shape index (κ1) is 18.0. The summed E-state index contributed by atoms with van der Waals surface area (Å²) in [6, 6.07) is 5.85. The number of benzene rings is 1. The number of rotatable bonds is 6. The Morgan fingerprint density at radius 1 is 1.32 bits per heavy atom. The van der Waals surface area contributed by atoms with Gasteiger partial charge < -0.3 is 14.4 Å². The molecular formula is C19H26N2O3S. The van der Waals surface area contributed by atoms with Crippen molar-refractivity contribution < 1.29 is 14.3 Å². The number of hydrogen-bond donors (Lipinski definition) is 0. The van der Waals surface area contributed by atoms with Crippen LogP contribution in [0, 0.1) is 5.92 Å². The predicted molar refractivity (Wildman–Crippen MR) is 100 cm³/mol. The number of likely N-dealkylation sites (tertiary alicyclic amines) is 1. The predicted octanol–water partition coefficient (Wildman–Crippen LogP) is 4.11. The summed E-state index contributed by atoms with van der Waals surface area (Å²) in [7, 11) is 1.66. The van der Waals surface area contributed by atoms with Gasteiger partial charge in [-0.25, -0.2) is 4.98 Å². The first-order chi connectivity index (χ1) is 12.1. The standard InChI is InChI=1S/C19H26N2O3S/c1-4-13(5-2)18(22)21-10-8-14(9-11-21)24-19-20-16-7-6-15(23-3)12-17(16)25-19/h6-7,12-14H,4-5,8-11H2,1-3H3. The monoisotopic (exact) mass is 362 g/mol. The van der Waals surface area contributed by atoms with E-state index in [-0.39, 0.29) is 12.0 Å². The summed E-state index contributed by atoms with van der Waals surface area (Å²) >= 11 is 1.55. The molecule has 0 spiro atoms. The van der Waals surface area contributed by atoms with E-state index >= 15 is 0 Å². The van der Waals surface area contributed by atoms with E-state index in [2.05, 4.69) is 18.8 Å². The Hall–Kier alpha value is -1.82.